The highest BCUT2D eigenvalue weighted by Gasteiger charge is 2.18. The van der Waals surface area contributed by atoms with Crippen LogP contribution in [0, 0.1) is 11.3 Å². The quantitative estimate of drug-likeness (QED) is 0.603. The Morgan fingerprint density at radius 2 is 1.65 bits per heavy atom. The number of amides is 1. The normalized spacial score (nSPS) is 13.3. The second kappa shape index (κ2) is 10.1. The Balaban J connectivity index is 3.77. The maximum absolute atomic E-state index is 11.3. The van der Waals surface area contributed by atoms with E-state index >= 15 is 0 Å². The molecule has 1 atom stereocenters. The predicted octanol–water partition coefficient (Wildman–Crippen LogP) is 5.14. The smallest absolute Gasteiger partial charge is 0.407 e. The van der Waals surface area contributed by atoms with Gasteiger partial charge in [-0.3, -0.25) is 0 Å². The van der Waals surface area contributed by atoms with Gasteiger partial charge >= 0.3 is 6.09 Å². The highest BCUT2D eigenvalue weighted by Crippen LogP contribution is 2.30. The van der Waals surface area contributed by atoms with Crippen LogP contribution in [0.1, 0.15) is 80.1 Å². The molecule has 1 N–H and O–H groups in total. The molecule has 120 valence electrons. The molecule has 0 aromatic heterocycles. The Hall–Kier alpha value is -0.730. The van der Waals surface area contributed by atoms with Crippen LogP contribution in [0.5, 0.6) is 0 Å². The molecule has 0 saturated heterocycles. The first-order valence-electron chi connectivity index (χ1n) is 8.21. The van der Waals surface area contributed by atoms with Crippen LogP contribution >= 0.6 is 0 Å². The van der Waals surface area contributed by atoms with E-state index in [1.807, 2.05) is 13.8 Å². The first-order valence-corrected chi connectivity index (χ1v) is 8.21. The number of ether oxygens (including phenoxy) is 1. The van der Waals surface area contributed by atoms with E-state index in [1.165, 1.54) is 25.7 Å². The van der Waals surface area contributed by atoms with Gasteiger partial charge in [0, 0.05) is 6.54 Å². The zero-order chi connectivity index (χ0) is 15.6. The Labute approximate surface area is 125 Å². The lowest BCUT2D eigenvalue weighted by atomic mass is 9.81. The summed E-state index contributed by atoms with van der Waals surface area (Å²) < 4.78 is 5.27. The maximum Gasteiger partial charge on any atom is 0.407 e. The van der Waals surface area contributed by atoms with Crippen molar-refractivity contribution in [2.45, 2.75) is 86.2 Å². The third kappa shape index (κ3) is 11.1. The Morgan fingerprint density at radius 1 is 1.10 bits per heavy atom. The molecule has 0 aromatic carbocycles. The molecule has 0 aliphatic rings. The number of hydrogen-bond donors (Lipinski definition) is 1. The molecule has 3 heteroatoms. The van der Waals surface area contributed by atoms with E-state index in [1.54, 1.807) is 0 Å². The first kappa shape index (κ1) is 19.3. The second-order valence-corrected chi connectivity index (χ2v) is 7.09. The Bertz CT molecular complexity index is 262. The lowest BCUT2D eigenvalue weighted by Gasteiger charge is -2.25. The van der Waals surface area contributed by atoms with Gasteiger partial charge in [-0.2, -0.15) is 0 Å². The van der Waals surface area contributed by atoms with E-state index in [-0.39, 0.29) is 12.2 Å². The summed E-state index contributed by atoms with van der Waals surface area (Å²) in [5.41, 5.74) is 0.403. The zero-order valence-electron chi connectivity index (χ0n) is 14.4. The van der Waals surface area contributed by atoms with Crippen LogP contribution in [0.15, 0.2) is 0 Å². The van der Waals surface area contributed by atoms with E-state index in [0.29, 0.717) is 12.0 Å². The highest BCUT2D eigenvalue weighted by atomic mass is 16.6. The molecule has 0 rings (SSSR count). The molecule has 0 aliphatic heterocycles. The SMILES string of the molecule is CCNC(=O)OC(C)CCCC(C)(C)CCCC(C)C. The van der Waals surface area contributed by atoms with Gasteiger partial charge in [-0.25, -0.2) is 4.79 Å². The summed E-state index contributed by atoms with van der Waals surface area (Å²) in [6.07, 6.45) is 6.91. The molecule has 1 unspecified atom stereocenters. The van der Waals surface area contributed by atoms with Crippen molar-refractivity contribution in [2.75, 3.05) is 6.54 Å². The van der Waals surface area contributed by atoms with E-state index in [0.717, 1.165) is 18.8 Å². The molecule has 3 nitrogen and oxygen atoms in total. The molecule has 0 aliphatic carbocycles. The van der Waals surface area contributed by atoms with Gasteiger partial charge in [-0.1, -0.05) is 40.5 Å². The van der Waals surface area contributed by atoms with Gasteiger partial charge in [-0.15, -0.1) is 0 Å². The molecule has 0 spiro atoms. The minimum Gasteiger partial charge on any atom is -0.447 e. The summed E-state index contributed by atoms with van der Waals surface area (Å²) in [6.45, 7) is 13.8. The maximum atomic E-state index is 11.3. The summed E-state index contributed by atoms with van der Waals surface area (Å²) in [4.78, 5) is 11.3. The van der Waals surface area contributed by atoms with Crippen molar-refractivity contribution in [3.63, 3.8) is 0 Å². The number of nitrogens with one attached hydrogen (secondary N) is 1. The Morgan fingerprint density at radius 3 is 2.15 bits per heavy atom. The molecule has 0 aromatic rings. The van der Waals surface area contributed by atoms with Gasteiger partial charge in [0.1, 0.15) is 6.10 Å². The van der Waals surface area contributed by atoms with Gasteiger partial charge in [0.2, 0.25) is 0 Å². The summed E-state index contributed by atoms with van der Waals surface area (Å²) >= 11 is 0. The minimum absolute atomic E-state index is 0.00742. The fourth-order valence-corrected chi connectivity index (χ4v) is 2.41. The summed E-state index contributed by atoms with van der Waals surface area (Å²) in [6, 6.07) is 0. The molecule has 0 bridgehead atoms. The number of hydrogen-bond acceptors (Lipinski definition) is 2. The van der Waals surface area contributed by atoms with Crippen LogP contribution in [0.25, 0.3) is 0 Å². The average molecular weight is 285 g/mol. The van der Waals surface area contributed by atoms with Crippen molar-refractivity contribution in [3.8, 4) is 0 Å². The van der Waals surface area contributed by atoms with Crippen molar-refractivity contribution in [1.29, 1.82) is 0 Å². The van der Waals surface area contributed by atoms with Crippen LogP contribution in [-0.2, 0) is 4.74 Å². The van der Waals surface area contributed by atoms with Crippen molar-refractivity contribution >= 4 is 6.09 Å². The van der Waals surface area contributed by atoms with Crippen molar-refractivity contribution in [3.05, 3.63) is 0 Å². The zero-order valence-corrected chi connectivity index (χ0v) is 14.4. The van der Waals surface area contributed by atoms with Crippen LogP contribution in [0.3, 0.4) is 0 Å². The molecule has 0 fully saturated rings. The molecule has 0 radical (unpaired) electrons. The number of carbonyl (C=O) groups excluding carboxylic acids is 1. The molecular weight excluding hydrogens is 250 g/mol. The van der Waals surface area contributed by atoms with Gasteiger partial charge in [0.05, 0.1) is 0 Å². The summed E-state index contributed by atoms with van der Waals surface area (Å²) in [5, 5.41) is 2.66. The largest absolute Gasteiger partial charge is 0.447 e. The van der Waals surface area contributed by atoms with Crippen LogP contribution in [0.2, 0.25) is 0 Å². The van der Waals surface area contributed by atoms with E-state index in [2.05, 4.69) is 33.0 Å². The van der Waals surface area contributed by atoms with Gasteiger partial charge < -0.3 is 10.1 Å². The number of alkyl carbamates (subject to hydrolysis) is 1. The van der Waals surface area contributed by atoms with E-state index in [9.17, 15) is 4.79 Å². The number of carbonyl (C=O) groups is 1. The van der Waals surface area contributed by atoms with E-state index in [4.69, 9.17) is 4.74 Å². The van der Waals surface area contributed by atoms with Crippen LogP contribution < -0.4 is 5.32 Å². The topological polar surface area (TPSA) is 38.3 Å². The fraction of sp³-hybridized carbons (Fsp3) is 0.941. The second-order valence-electron chi connectivity index (χ2n) is 7.09. The number of rotatable bonds is 10. The van der Waals surface area contributed by atoms with Crippen molar-refractivity contribution < 1.29 is 9.53 Å². The molecular formula is C17H35NO2. The molecule has 0 heterocycles. The minimum atomic E-state index is -0.295. The Kier molecular flexibility index (Phi) is 9.70. The summed E-state index contributed by atoms with van der Waals surface area (Å²) in [7, 11) is 0. The highest BCUT2D eigenvalue weighted by molar-refractivity contribution is 5.67. The van der Waals surface area contributed by atoms with Crippen molar-refractivity contribution in [1.82, 2.24) is 5.32 Å². The van der Waals surface area contributed by atoms with Crippen LogP contribution in [-0.4, -0.2) is 18.7 Å². The monoisotopic (exact) mass is 285 g/mol. The fourth-order valence-electron chi connectivity index (χ4n) is 2.41. The first-order chi connectivity index (χ1) is 9.26. The van der Waals surface area contributed by atoms with Gasteiger partial charge in [0.15, 0.2) is 0 Å². The summed E-state index contributed by atoms with van der Waals surface area (Å²) in [5.74, 6) is 0.802. The molecule has 20 heavy (non-hydrogen) atoms. The van der Waals surface area contributed by atoms with Gasteiger partial charge in [0.25, 0.3) is 0 Å². The predicted molar refractivity (Wildman–Crippen MR) is 85.9 cm³/mol. The van der Waals surface area contributed by atoms with Gasteiger partial charge in [-0.05, 0) is 50.9 Å². The molecule has 0 saturated carbocycles. The third-order valence-corrected chi connectivity index (χ3v) is 3.73. The molecule has 1 amide bonds. The third-order valence-electron chi connectivity index (χ3n) is 3.73. The van der Waals surface area contributed by atoms with Crippen molar-refractivity contribution in [2.24, 2.45) is 11.3 Å². The standard InChI is InChI=1S/C17H35NO2/c1-7-18-16(19)20-15(4)11-9-13-17(5,6)12-8-10-14(2)3/h14-15H,7-13H2,1-6H3,(H,18,19). The van der Waals surface area contributed by atoms with Crippen LogP contribution in [0.4, 0.5) is 4.79 Å². The lowest BCUT2D eigenvalue weighted by molar-refractivity contribution is 0.0987. The lowest BCUT2D eigenvalue weighted by Crippen LogP contribution is -2.27. The average Bonchev–Trinajstić information content (AvgIpc) is 2.27. The van der Waals surface area contributed by atoms with E-state index < -0.39 is 0 Å².